The van der Waals surface area contributed by atoms with Crippen molar-refractivity contribution in [1.29, 1.82) is 0 Å². The van der Waals surface area contributed by atoms with Gasteiger partial charge in [-0.15, -0.1) is 24.8 Å². The number of methoxy groups -OCH3 is 2. The number of halogens is 2. The van der Waals surface area contributed by atoms with Crippen LogP contribution in [0.2, 0.25) is 0 Å². The van der Waals surface area contributed by atoms with Crippen LogP contribution in [-0.2, 0) is 18.4 Å². The van der Waals surface area contributed by atoms with Gasteiger partial charge in [0.2, 0.25) is 0 Å². The summed E-state index contributed by atoms with van der Waals surface area (Å²) in [6.45, 7) is 2.86. The highest BCUT2D eigenvalue weighted by Gasteiger charge is 2.34. The van der Waals surface area contributed by atoms with Gasteiger partial charge >= 0.3 is 0 Å². The number of rotatable bonds is 12. The number of hydrogen-bond donors (Lipinski definition) is 2. The number of ether oxygens (including phenoxy) is 2. The summed E-state index contributed by atoms with van der Waals surface area (Å²) >= 11 is 0. The van der Waals surface area contributed by atoms with E-state index in [1.165, 1.54) is 27.8 Å². The molecular formula is C37H46Cl2N2O2. The Bertz CT molecular complexity index is 1360. The molecule has 5 rings (SSSR count). The number of nitrogens with one attached hydrogen (secondary N) is 1. The third-order valence-electron chi connectivity index (χ3n) is 8.89. The van der Waals surface area contributed by atoms with Crippen LogP contribution in [0.5, 0.6) is 11.5 Å². The minimum atomic E-state index is -0.0101. The molecule has 0 fully saturated rings. The van der Waals surface area contributed by atoms with Gasteiger partial charge in [0, 0.05) is 24.0 Å². The molecule has 230 valence electrons. The summed E-state index contributed by atoms with van der Waals surface area (Å²) in [4.78, 5) is 0. The second-order valence-corrected chi connectivity index (χ2v) is 11.3. The van der Waals surface area contributed by atoms with E-state index in [-0.39, 0.29) is 42.3 Å². The SMILES string of the molecule is CCCC(CCCC1NC(c2ccc(CN)cc2)Cc2cc(OC)c(OC)cc21)(c1ccccc1)c1ccccc1.Cl.Cl. The van der Waals surface area contributed by atoms with Crippen LogP contribution in [0.4, 0.5) is 0 Å². The fourth-order valence-electron chi connectivity index (χ4n) is 6.81. The zero-order valence-electron chi connectivity index (χ0n) is 25.6. The van der Waals surface area contributed by atoms with Crippen molar-refractivity contribution in [1.82, 2.24) is 5.32 Å². The van der Waals surface area contributed by atoms with Crippen LogP contribution in [0.25, 0.3) is 0 Å². The third-order valence-corrected chi connectivity index (χ3v) is 8.89. The van der Waals surface area contributed by atoms with E-state index in [0.717, 1.165) is 55.6 Å². The Morgan fingerprint density at radius 3 is 1.91 bits per heavy atom. The van der Waals surface area contributed by atoms with Crippen molar-refractivity contribution in [3.8, 4) is 11.5 Å². The van der Waals surface area contributed by atoms with E-state index in [4.69, 9.17) is 15.2 Å². The van der Waals surface area contributed by atoms with Gasteiger partial charge < -0.3 is 20.5 Å². The highest BCUT2D eigenvalue weighted by atomic mass is 35.5. The van der Waals surface area contributed by atoms with Crippen molar-refractivity contribution in [2.75, 3.05) is 14.2 Å². The minimum Gasteiger partial charge on any atom is -0.493 e. The molecule has 0 saturated carbocycles. The lowest BCUT2D eigenvalue weighted by Crippen LogP contribution is -2.34. The van der Waals surface area contributed by atoms with Crippen LogP contribution in [0.1, 0.15) is 84.5 Å². The maximum absolute atomic E-state index is 5.88. The Labute approximate surface area is 270 Å². The molecule has 0 spiro atoms. The average Bonchev–Trinajstić information content (AvgIpc) is 3.04. The smallest absolute Gasteiger partial charge is 0.161 e. The van der Waals surface area contributed by atoms with Crippen LogP contribution in [-0.4, -0.2) is 14.2 Å². The molecule has 4 aromatic carbocycles. The molecule has 0 bridgehead atoms. The second-order valence-electron chi connectivity index (χ2n) is 11.3. The second kappa shape index (κ2) is 16.2. The first-order chi connectivity index (χ1) is 20.1. The first-order valence-electron chi connectivity index (χ1n) is 15.0. The Morgan fingerprint density at radius 2 is 1.37 bits per heavy atom. The van der Waals surface area contributed by atoms with Crippen molar-refractivity contribution < 1.29 is 9.47 Å². The summed E-state index contributed by atoms with van der Waals surface area (Å²) in [5.41, 5.74) is 13.8. The van der Waals surface area contributed by atoms with Gasteiger partial charge in [-0.2, -0.15) is 0 Å². The summed E-state index contributed by atoms with van der Waals surface area (Å²) in [5, 5.41) is 4.02. The molecule has 0 aliphatic carbocycles. The summed E-state index contributed by atoms with van der Waals surface area (Å²) in [6, 6.07) is 35.8. The van der Waals surface area contributed by atoms with E-state index in [2.05, 4.69) is 109 Å². The Morgan fingerprint density at radius 1 is 0.791 bits per heavy atom. The molecule has 2 atom stereocenters. The Balaban J connectivity index is 0.00000253. The van der Waals surface area contributed by atoms with Gasteiger partial charge in [0.1, 0.15) is 0 Å². The number of hydrogen-bond acceptors (Lipinski definition) is 4. The van der Waals surface area contributed by atoms with Gasteiger partial charge in [0.25, 0.3) is 0 Å². The molecule has 2 unspecified atom stereocenters. The first-order valence-corrected chi connectivity index (χ1v) is 15.0. The van der Waals surface area contributed by atoms with Crippen LogP contribution in [0.3, 0.4) is 0 Å². The number of benzene rings is 4. The van der Waals surface area contributed by atoms with Gasteiger partial charge in [-0.05, 0) is 71.2 Å². The van der Waals surface area contributed by atoms with Crippen molar-refractivity contribution >= 4 is 24.8 Å². The highest BCUT2D eigenvalue weighted by Crippen LogP contribution is 2.44. The molecule has 0 amide bonds. The van der Waals surface area contributed by atoms with Gasteiger partial charge in [-0.1, -0.05) is 105 Å². The standard InChI is InChI=1S/C37H44N2O2.2ClH/c1-4-21-37(30-12-7-5-8-13-30,31-14-9-6-10-15-31)22-11-16-33-32-25-36(41-3)35(40-2)24-29(32)23-34(39-33)28-19-17-27(26-38)18-20-28;;/h5-10,12-15,17-20,24-25,33-34,39H,4,11,16,21-23,26,38H2,1-3H3;2*1H. The lowest BCUT2D eigenvalue weighted by atomic mass is 9.68. The van der Waals surface area contributed by atoms with Crippen molar-refractivity contribution in [3.63, 3.8) is 0 Å². The Hall–Kier alpha value is -3.02. The largest absolute Gasteiger partial charge is 0.493 e. The molecule has 1 aliphatic heterocycles. The van der Waals surface area contributed by atoms with E-state index in [1.54, 1.807) is 14.2 Å². The van der Waals surface area contributed by atoms with Crippen molar-refractivity contribution in [2.45, 2.75) is 69.5 Å². The summed E-state index contributed by atoms with van der Waals surface area (Å²) < 4.78 is 11.4. The normalized spacial score (nSPS) is 15.9. The van der Waals surface area contributed by atoms with Gasteiger partial charge in [-0.3, -0.25) is 0 Å². The average molecular weight is 622 g/mol. The Kier molecular flexibility index (Phi) is 13.0. The van der Waals surface area contributed by atoms with E-state index < -0.39 is 0 Å². The van der Waals surface area contributed by atoms with Crippen molar-refractivity contribution in [2.24, 2.45) is 5.73 Å². The zero-order valence-corrected chi connectivity index (χ0v) is 27.2. The first kappa shape index (κ1) is 34.5. The summed E-state index contributed by atoms with van der Waals surface area (Å²) in [5.74, 6) is 1.58. The summed E-state index contributed by atoms with van der Waals surface area (Å²) in [7, 11) is 3.43. The lowest BCUT2D eigenvalue weighted by Gasteiger charge is -2.37. The van der Waals surface area contributed by atoms with Gasteiger partial charge in [0.05, 0.1) is 14.2 Å². The van der Waals surface area contributed by atoms with E-state index >= 15 is 0 Å². The topological polar surface area (TPSA) is 56.5 Å². The third kappa shape index (κ3) is 7.56. The predicted molar refractivity (Wildman–Crippen MR) is 183 cm³/mol. The zero-order chi connectivity index (χ0) is 28.7. The van der Waals surface area contributed by atoms with Gasteiger partial charge in [-0.25, -0.2) is 0 Å². The van der Waals surface area contributed by atoms with Crippen LogP contribution in [0.15, 0.2) is 97.1 Å². The van der Waals surface area contributed by atoms with Crippen LogP contribution >= 0.6 is 24.8 Å². The van der Waals surface area contributed by atoms with Crippen LogP contribution < -0.4 is 20.5 Å². The highest BCUT2D eigenvalue weighted by molar-refractivity contribution is 5.85. The molecule has 3 N–H and O–H groups in total. The van der Waals surface area contributed by atoms with E-state index in [0.29, 0.717) is 6.54 Å². The molecule has 0 radical (unpaired) electrons. The molecule has 4 nitrogen and oxygen atoms in total. The van der Waals surface area contributed by atoms with Crippen LogP contribution in [0, 0.1) is 0 Å². The molecule has 43 heavy (non-hydrogen) atoms. The molecule has 1 aliphatic rings. The lowest BCUT2D eigenvalue weighted by molar-refractivity contribution is 0.338. The van der Waals surface area contributed by atoms with Gasteiger partial charge in [0.15, 0.2) is 11.5 Å². The number of nitrogens with two attached hydrogens (primary N) is 1. The molecular weight excluding hydrogens is 575 g/mol. The molecule has 6 heteroatoms. The molecule has 1 heterocycles. The summed E-state index contributed by atoms with van der Waals surface area (Å²) in [6.07, 6.45) is 6.37. The molecule has 0 aromatic heterocycles. The minimum absolute atomic E-state index is 0. The fourth-order valence-corrected chi connectivity index (χ4v) is 6.81. The maximum atomic E-state index is 5.88. The molecule has 4 aromatic rings. The quantitative estimate of drug-likeness (QED) is 0.166. The van der Waals surface area contributed by atoms with E-state index in [9.17, 15) is 0 Å². The monoisotopic (exact) mass is 620 g/mol. The predicted octanol–water partition coefficient (Wildman–Crippen LogP) is 8.89. The van der Waals surface area contributed by atoms with Crippen molar-refractivity contribution in [3.05, 3.63) is 130 Å². The maximum Gasteiger partial charge on any atom is 0.161 e. The fraction of sp³-hybridized carbons (Fsp3) is 0.351. The molecule has 0 saturated heterocycles. The van der Waals surface area contributed by atoms with E-state index in [1.807, 2.05) is 0 Å². The number of fused-ring (bicyclic) bond motifs is 1.